The average Bonchev–Trinajstić information content (AvgIpc) is 2.39. The minimum absolute atomic E-state index is 0.623. The maximum atomic E-state index is 5.86. The number of hydrogen-bond donors (Lipinski definition) is 2. The lowest BCUT2D eigenvalue weighted by atomic mass is 10.1. The lowest BCUT2D eigenvalue weighted by Crippen LogP contribution is -2.12. The molecule has 2 aromatic carbocycles. The van der Waals surface area contributed by atoms with Gasteiger partial charge in [-0.2, -0.15) is 0 Å². The number of benzene rings is 2. The van der Waals surface area contributed by atoms with Crippen LogP contribution < -0.4 is 15.8 Å². The normalized spacial score (nSPS) is 10.2. The van der Waals surface area contributed by atoms with Gasteiger partial charge in [-0.05, 0) is 49.2 Å². The zero-order valence-electron chi connectivity index (χ0n) is 11.4. The van der Waals surface area contributed by atoms with Gasteiger partial charge in [-0.1, -0.05) is 18.2 Å². The molecule has 3 nitrogen and oxygen atoms in total. The molecule has 100 valence electrons. The molecule has 0 aliphatic rings. The maximum Gasteiger partial charge on any atom is 0.119 e. The Morgan fingerprint density at radius 3 is 2.68 bits per heavy atom. The van der Waals surface area contributed by atoms with E-state index in [-0.39, 0.29) is 0 Å². The van der Waals surface area contributed by atoms with Gasteiger partial charge in [-0.15, -0.1) is 0 Å². The van der Waals surface area contributed by atoms with Gasteiger partial charge in [0, 0.05) is 17.9 Å². The zero-order valence-corrected chi connectivity index (χ0v) is 11.4. The molecule has 0 radical (unpaired) electrons. The van der Waals surface area contributed by atoms with Crippen LogP contribution in [0.2, 0.25) is 0 Å². The number of rotatable bonds is 5. The number of ether oxygens (including phenoxy) is 1. The average molecular weight is 256 g/mol. The van der Waals surface area contributed by atoms with Gasteiger partial charge in [-0.25, -0.2) is 0 Å². The summed E-state index contributed by atoms with van der Waals surface area (Å²) in [7, 11) is 0. The monoisotopic (exact) mass is 256 g/mol. The molecule has 0 aromatic heterocycles. The molecule has 0 spiro atoms. The van der Waals surface area contributed by atoms with Crippen LogP contribution in [0.1, 0.15) is 11.1 Å². The van der Waals surface area contributed by atoms with E-state index in [4.69, 9.17) is 10.5 Å². The lowest BCUT2D eigenvalue weighted by molar-refractivity contribution is 0.332. The third-order valence-electron chi connectivity index (χ3n) is 3.05. The van der Waals surface area contributed by atoms with Crippen molar-refractivity contribution in [2.45, 2.75) is 13.8 Å². The van der Waals surface area contributed by atoms with Crippen LogP contribution in [0, 0.1) is 13.8 Å². The molecular formula is C16H20N2O. The van der Waals surface area contributed by atoms with Crippen molar-refractivity contribution in [2.75, 3.05) is 24.2 Å². The van der Waals surface area contributed by atoms with E-state index in [1.54, 1.807) is 0 Å². The highest BCUT2D eigenvalue weighted by Gasteiger charge is 2.00. The maximum absolute atomic E-state index is 5.86. The van der Waals surface area contributed by atoms with E-state index in [0.29, 0.717) is 6.61 Å². The molecule has 0 saturated carbocycles. The lowest BCUT2D eigenvalue weighted by Gasteiger charge is -2.12. The summed E-state index contributed by atoms with van der Waals surface area (Å²) in [4.78, 5) is 0. The third kappa shape index (κ3) is 3.65. The molecular weight excluding hydrogens is 236 g/mol. The predicted octanol–water partition coefficient (Wildman–Crippen LogP) is 3.38. The summed E-state index contributed by atoms with van der Waals surface area (Å²) in [5, 5.41) is 3.33. The molecule has 0 bridgehead atoms. The molecule has 0 heterocycles. The van der Waals surface area contributed by atoms with Crippen LogP contribution in [-0.2, 0) is 0 Å². The highest BCUT2D eigenvalue weighted by Crippen LogP contribution is 2.20. The first-order chi connectivity index (χ1) is 9.16. The van der Waals surface area contributed by atoms with E-state index in [2.05, 4.69) is 18.3 Å². The molecule has 19 heavy (non-hydrogen) atoms. The Kier molecular flexibility index (Phi) is 4.29. The van der Waals surface area contributed by atoms with Crippen molar-refractivity contribution in [1.82, 2.24) is 0 Å². The minimum Gasteiger partial charge on any atom is -0.492 e. The number of nitrogen functional groups attached to an aromatic ring is 1. The molecule has 0 saturated heterocycles. The molecule has 0 aliphatic heterocycles. The van der Waals surface area contributed by atoms with E-state index in [9.17, 15) is 0 Å². The van der Waals surface area contributed by atoms with E-state index in [0.717, 1.165) is 29.2 Å². The molecule has 3 N–H and O–H groups in total. The van der Waals surface area contributed by atoms with Gasteiger partial charge in [0.1, 0.15) is 12.4 Å². The standard InChI is InChI=1S/C16H20N2O/c1-12-5-3-6-14(11-12)19-10-9-18-16-8-4-7-15(17)13(16)2/h3-8,11,18H,9-10,17H2,1-2H3. The van der Waals surface area contributed by atoms with Crippen LogP contribution in [0.3, 0.4) is 0 Å². The molecule has 0 fully saturated rings. The van der Waals surface area contributed by atoms with Gasteiger partial charge in [0.05, 0.1) is 0 Å². The van der Waals surface area contributed by atoms with Crippen molar-refractivity contribution in [1.29, 1.82) is 0 Å². The first kappa shape index (κ1) is 13.3. The van der Waals surface area contributed by atoms with E-state index < -0.39 is 0 Å². The van der Waals surface area contributed by atoms with Gasteiger partial charge >= 0.3 is 0 Å². The smallest absolute Gasteiger partial charge is 0.119 e. The second kappa shape index (κ2) is 6.14. The summed E-state index contributed by atoms with van der Waals surface area (Å²) in [5.74, 6) is 0.908. The van der Waals surface area contributed by atoms with Gasteiger partial charge in [-0.3, -0.25) is 0 Å². The van der Waals surface area contributed by atoms with Gasteiger partial charge < -0.3 is 15.8 Å². The van der Waals surface area contributed by atoms with Crippen molar-refractivity contribution < 1.29 is 4.74 Å². The summed E-state index contributed by atoms with van der Waals surface area (Å²) >= 11 is 0. The van der Waals surface area contributed by atoms with Crippen molar-refractivity contribution >= 4 is 11.4 Å². The Morgan fingerprint density at radius 2 is 1.89 bits per heavy atom. The zero-order chi connectivity index (χ0) is 13.7. The van der Waals surface area contributed by atoms with Crippen molar-refractivity contribution in [3.63, 3.8) is 0 Å². The Balaban J connectivity index is 1.82. The Hall–Kier alpha value is -2.16. The number of aryl methyl sites for hydroxylation is 1. The van der Waals surface area contributed by atoms with E-state index >= 15 is 0 Å². The summed E-state index contributed by atoms with van der Waals surface area (Å²) in [6.07, 6.45) is 0. The highest BCUT2D eigenvalue weighted by molar-refractivity contribution is 5.62. The fourth-order valence-electron chi connectivity index (χ4n) is 1.90. The van der Waals surface area contributed by atoms with E-state index in [1.807, 2.05) is 43.3 Å². The SMILES string of the molecule is Cc1cccc(OCCNc2cccc(N)c2C)c1. The number of hydrogen-bond acceptors (Lipinski definition) is 3. The summed E-state index contributed by atoms with van der Waals surface area (Å²) in [5.41, 5.74) is 10.0. The summed E-state index contributed by atoms with van der Waals surface area (Å²) in [6.45, 7) is 5.44. The second-order valence-corrected chi connectivity index (χ2v) is 4.61. The summed E-state index contributed by atoms with van der Waals surface area (Å²) < 4.78 is 5.68. The fourth-order valence-corrected chi connectivity index (χ4v) is 1.90. The summed E-state index contributed by atoms with van der Waals surface area (Å²) in [6, 6.07) is 13.9. The van der Waals surface area contributed by atoms with E-state index in [1.165, 1.54) is 5.56 Å². The fraction of sp³-hybridized carbons (Fsp3) is 0.250. The first-order valence-electron chi connectivity index (χ1n) is 6.45. The largest absolute Gasteiger partial charge is 0.492 e. The highest BCUT2D eigenvalue weighted by atomic mass is 16.5. The number of nitrogens with two attached hydrogens (primary N) is 1. The molecule has 2 rings (SSSR count). The molecule has 3 heteroatoms. The molecule has 0 unspecified atom stereocenters. The van der Waals surface area contributed by atoms with Crippen LogP contribution in [0.15, 0.2) is 42.5 Å². The third-order valence-corrected chi connectivity index (χ3v) is 3.05. The topological polar surface area (TPSA) is 47.3 Å². The van der Waals surface area contributed by atoms with Crippen LogP contribution in [0.5, 0.6) is 5.75 Å². The molecule has 0 aliphatic carbocycles. The predicted molar refractivity (Wildman–Crippen MR) is 80.8 cm³/mol. The Morgan fingerprint density at radius 1 is 1.11 bits per heavy atom. The molecule has 0 atom stereocenters. The van der Waals surface area contributed by atoms with Crippen LogP contribution in [0.4, 0.5) is 11.4 Å². The Bertz CT molecular complexity index is 552. The van der Waals surface area contributed by atoms with Crippen LogP contribution in [0.25, 0.3) is 0 Å². The van der Waals surface area contributed by atoms with Gasteiger partial charge in [0.2, 0.25) is 0 Å². The molecule has 2 aromatic rings. The van der Waals surface area contributed by atoms with Crippen molar-refractivity contribution in [2.24, 2.45) is 0 Å². The van der Waals surface area contributed by atoms with Gasteiger partial charge in [0.15, 0.2) is 0 Å². The first-order valence-corrected chi connectivity index (χ1v) is 6.45. The van der Waals surface area contributed by atoms with Crippen LogP contribution in [-0.4, -0.2) is 13.2 Å². The quantitative estimate of drug-likeness (QED) is 0.637. The number of anilines is 2. The van der Waals surface area contributed by atoms with Crippen molar-refractivity contribution in [3.05, 3.63) is 53.6 Å². The minimum atomic E-state index is 0.623. The van der Waals surface area contributed by atoms with Gasteiger partial charge in [0.25, 0.3) is 0 Å². The second-order valence-electron chi connectivity index (χ2n) is 4.61. The Labute approximate surface area is 114 Å². The van der Waals surface area contributed by atoms with Crippen LogP contribution >= 0.6 is 0 Å². The van der Waals surface area contributed by atoms with Crippen molar-refractivity contribution in [3.8, 4) is 5.75 Å². The number of nitrogens with one attached hydrogen (secondary N) is 1. The molecule has 0 amide bonds.